The number of hydrogen-bond donors (Lipinski definition) is 1. The van der Waals surface area contributed by atoms with Crippen LogP contribution >= 0.6 is 23.1 Å². The van der Waals surface area contributed by atoms with Crippen LogP contribution in [-0.2, 0) is 17.8 Å². The molecule has 2 heterocycles. The van der Waals surface area contributed by atoms with E-state index in [4.69, 9.17) is 0 Å². The molecule has 1 amide bonds. The Bertz CT molecular complexity index is 689. The van der Waals surface area contributed by atoms with Crippen LogP contribution in [0.3, 0.4) is 0 Å². The number of imidazole rings is 1. The molecule has 25 heavy (non-hydrogen) atoms. The van der Waals surface area contributed by atoms with E-state index in [0.29, 0.717) is 24.3 Å². The number of aryl methyl sites for hydroxylation is 3. The number of rotatable bonds is 7. The predicted molar refractivity (Wildman–Crippen MR) is 103 cm³/mol. The van der Waals surface area contributed by atoms with Crippen molar-refractivity contribution >= 4 is 29.0 Å². The van der Waals surface area contributed by atoms with Gasteiger partial charge in [-0.3, -0.25) is 4.79 Å². The molecule has 0 spiro atoms. The molecular weight excluding hydrogens is 352 g/mol. The Morgan fingerprint density at radius 3 is 2.88 bits per heavy atom. The van der Waals surface area contributed by atoms with Crippen LogP contribution < -0.4 is 5.32 Å². The van der Waals surface area contributed by atoms with E-state index in [9.17, 15) is 4.79 Å². The third-order valence-electron chi connectivity index (χ3n) is 4.60. The first-order chi connectivity index (χ1) is 12.1. The Balaban J connectivity index is 1.37. The summed E-state index contributed by atoms with van der Waals surface area (Å²) in [6, 6.07) is 0.329. The van der Waals surface area contributed by atoms with Gasteiger partial charge in [-0.15, -0.1) is 11.3 Å². The quantitative estimate of drug-likeness (QED) is 0.796. The van der Waals surface area contributed by atoms with Crippen molar-refractivity contribution in [2.24, 2.45) is 0 Å². The molecule has 0 aliphatic heterocycles. The lowest BCUT2D eigenvalue weighted by atomic mass is 9.95. The van der Waals surface area contributed by atoms with Crippen molar-refractivity contribution in [1.82, 2.24) is 19.9 Å². The molecule has 136 valence electrons. The first-order valence-corrected chi connectivity index (χ1v) is 10.8. The molecule has 1 N–H and O–H groups in total. The minimum atomic E-state index is 0.155. The molecule has 1 aliphatic carbocycles. The highest BCUT2D eigenvalue weighted by Crippen LogP contribution is 2.35. The lowest BCUT2D eigenvalue weighted by Gasteiger charge is -2.28. The van der Waals surface area contributed by atoms with Gasteiger partial charge in [-0.25, -0.2) is 9.97 Å². The van der Waals surface area contributed by atoms with Crippen LogP contribution in [0.2, 0.25) is 0 Å². The zero-order valence-electron chi connectivity index (χ0n) is 14.9. The summed E-state index contributed by atoms with van der Waals surface area (Å²) in [5.74, 6) is 1.20. The average Bonchev–Trinajstić information content (AvgIpc) is 3.23. The second-order valence-corrected chi connectivity index (χ2v) is 8.96. The maximum absolute atomic E-state index is 12.2. The highest BCUT2D eigenvalue weighted by Gasteiger charge is 2.23. The number of nitrogens with zero attached hydrogens (tertiary/aromatic N) is 3. The van der Waals surface area contributed by atoms with E-state index in [1.807, 2.05) is 24.9 Å². The standard InChI is InChI=1S/C18H26N4OS2/c1-3-16-19-9-11-22(16)10-8-17(23)21-14-4-6-15(7-5-14)25-18-20-13(2)12-24-18/h9,11-12,14-15H,3-8,10H2,1-2H3,(H,21,23). The molecule has 0 bridgehead atoms. The van der Waals surface area contributed by atoms with Gasteiger partial charge in [0, 0.05) is 54.1 Å². The van der Waals surface area contributed by atoms with Gasteiger partial charge in [0.05, 0.1) is 0 Å². The summed E-state index contributed by atoms with van der Waals surface area (Å²) in [6.07, 6.45) is 9.61. The van der Waals surface area contributed by atoms with E-state index in [-0.39, 0.29) is 5.91 Å². The zero-order valence-corrected chi connectivity index (χ0v) is 16.5. The fourth-order valence-electron chi connectivity index (χ4n) is 3.23. The minimum absolute atomic E-state index is 0.155. The third-order valence-corrected chi connectivity index (χ3v) is 7.03. The van der Waals surface area contributed by atoms with Gasteiger partial charge in [-0.1, -0.05) is 18.7 Å². The molecule has 0 atom stereocenters. The molecule has 7 heteroatoms. The van der Waals surface area contributed by atoms with Crippen molar-refractivity contribution in [1.29, 1.82) is 0 Å². The van der Waals surface area contributed by atoms with Gasteiger partial charge in [0.15, 0.2) is 0 Å². The van der Waals surface area contributed by atoms with Gasteiger partial charge in [0.2, 0.25) is 5.91 Å². The van der Waals surface area contributed by atoms with Crippen molar-refractivity contribution in [3.8, 4) is 0 Å². The van der Waals surface area contributed by atoms with Gasteiger partial charge < -0.3 is 9.88 Å². The van der Waals surface area contributed by atoms with Crippen LogP contribution in [0.25, 0.3) is 0 Å². The average molecular weight is 379 g/mol. The first kappa shape index (κ1) is 18.5. The number of carbonyl (C=O) groups excluding carboxylic acids is 1. The van der Waals surface area contributed by atoms with Crippen molar-refractivity contribution < 1.29 is 4.79 Å². The van der Waals surface area contributed by atoms with E-state index in [0.717, 1.165) is 43.6 Å². The van der Waals surface area contributed by atoms with Crippen molar-refractivity contribution in [3.63, 3.8) is 0 Å². The molecule has 0 radical (unpaired) electrons. The number of amides is 1. The molecule has 0 saturated heterocycles. The second-order valence-electron chi connectivity index (χ2n) is 6.55. The van der Waals surface area contributed by atoms with Gasteiger partial charge in [-0.05, 0) is 32.6 Å². The summed E-state index contributed by atoms with van der Waals surface area (Å²) < 4.78 is 3.25. The lowest BCUT2D eigenvalue weighted by Crippen LogP contribution is -2.38. The maximum Gasteiger partial charge on any atom is 0.222 e. The Kier molecular flexibility index (Phi) is 6.53. The van der Waals surface area contributed by atoms with Crippen LogP contribution in [-0.4, -0.2) is 31.7 Å². The van der Waals surface area contributed by atoms with Gasteiger partial charge in [0.1, 0.15) is 10.2 Å². The minimum Gasteiger partial charge on any atom is -0.353 e. The smallest absolute Gasteiger partial charge is 0.222 e. The fraction of sp³-hybridized carbons (Fsp3) is 0.611. The van der Waals surface area contributed by atoms with Crippen molar-refractivity contribution in [2.45, 2.75) is 74.5 Å². The number of nitrogens with one attached hydrogen (secondary N) is 1. The fourth-order valence-corrected chi connectivity index (χ4v) is 5.52. The molecule has 5 nitrogen and oxygen atoms in total. The second kappa shape index (κ2) is 8.85. The van der Waals surface area contributed by atoms with Crippen LogP contribution in [0.1, 0.15) is 50.5 Å². The predicted octanol–water partition coefficient (Wildman–Crippen LogP) is 3.82. The topological polar surface area (TPSA) is 59.8 Å². The van der Waals surface area contributed by atoms with E-state index in [2.05, 4.69) is 32.2 Å². The van der Waals surface area contributed by atoms with E-state index >= 15 is 0 Å². The number of carbonyl (C=O) groups is 1. The van der Waals surface area contributed by atoms with Crippen LogP contribution in [0.5, 0.6) is 0 Å². The summed E-state index contributed by atoms with van der Waals surface area (Å²) >= 11 is 3.64. The molecule has 1 fully saturated rings. The van der Waals surface area contributed by atoms with Crippen LogP contribution in [0.15, 0.2) is 22.1 Å². The monoisotopic (exact) mass is 378 g/mol. The molecule has 0 aromatic carbocycles. The number of hydrogen-bond acceptors (Lipinski definition) is 5. The molecule has 1 saturated carbocycles. The Morgan fingerprint density at radius 1 is 1.40 bits per heavy atom. The third kappa shape index (κ3) is 5.31. The number of thiazole rings is 1. The summed E-state index contributed by atoms with van der Waals surface area (Å²) in [5.41, 5.74) is 1.11. The maximum atomic E-state index is 12.2. The lowest BCUT2D eigenvalue weighted by molar-refractivity contribution is -0.122. The zero-order chi connectivity index (χ0) is 17.6. The largest absolute Gasteiger partial charge is 0.353 e. The molecule has 2 aromatic rings. The Labute approximate surface area is 157 Å². The van der Waals surface area contributed by atoms with Crippen molar-refractivity contribution in [2.75, 3.05) is 0 Å². The summed E-state index contributed by atoms with van der Waals surface area (Å²) in [7, 11) is 0. The van der Waals surface area contributed by atoms with Crippen LogP contribution in [0, 0.1) is 6.92 Å². The van der Waals surface area contributed by atoms with Gasteiger partial charge in [0.25, 0.3) is 0 Å². The summed E-state index contributed by atoms with van der Waals surface area (Å²) in [4.78, 5) is 21.1. The summed E-state index contributed by atoms with van der Waals surface area (Å²) in [6.45, 7) is 4.84. The molecule has 0 unspecified atom stereocenters. The Hall–Kier alpha value is -1.34. The molecule has 3 rings (SSSR count). The molecule has 1 aliphatic rings. The Morgan fingerprint density at radius 2 is 2.20 bits per heavy atom. The van der Waals surface area contributed by atoms with Gasteiger partial charge >= 0.3 is 0 Å². The molecular formula is C18H26N4OS2. The van der Waals surface area contributed by atoms with Crippen LogP contribution in [0.4, 0.5) is 0 Å². The highest BCUT2D eigenvalue weighted by atomic mass is 32.2. The van der Waals surface area contributed by atoms with E-state index in [1.165, 1.54) is 4.34 Å². The SMILES string of the molecule is CCc1nccn1CCC(=O)NC1CCC(Sc2nc(C)cs2)CC1. The first-order valence-electron chi connectivity index (χ1n) is 9.02. The normalized spacial score (nSPS) is 20.6. The highest BCUT2D eigenvalue weighted by molar-refractivity contribution is 8.01. The number of aromatic nitrogens is 3. The summed E-state index contributed by atoms with van der Waals surface area (Å²) in [5, 5.41) is 5.96. The van der Waals surface area contributed by atoms with Crippen molar-refractivity contribution in [3.05, 3.63) is 29.3 Å². The number of thioether (sulfide) groups is 1. The molecule has 2 aromatic heterocycles. The van der Waals surface area contributed by atoms with E-state index in [1.54, 1.807) is 17.5 Å². The van der Waals surface area contributed by atoms with Gasteiger partial charge in [-0.2, -0.15) is 0 Å². The van der Waals surface area contributed by atoms with E-state index < -0.39 is 0 Å².